The molecule has 2 fully saturated rings. The van der Waals surface area contributed by atoms with E-state index in [1.54, 1.807) is 0 Å². The Hall–Kier alpha value is -1.31. The minimum atomic E-state index is 0.0404. The van der Waals surface area contributed by atoms with Crippen LogP contribution in [0.2, 0.25) is 0 Å². The van der Waals surface area contributed by atoms with Crippen LogP contribution in [-0.4, -0.2) is 12.1 Å². The molecule has 22 heavy (non-hydrogen) atoms. The summed E-state index contributed by atoms with van der Waals surface area (Å²) in [5.41, 5.74) is 1.28. The van der Waals surface area contributed by atoms with Gasteiger partial charge in [0, 0.05) is 0 Å². The molecule has 0 amide bonds. The van der Waals surface area contributed by atoms with Crippen LogP contribution in [0.1, 0.15) is 57.9 Å². The highest BCUT2D eigenvalue weighted by Crippen LogP contribution is 2.49. The lowest BCUT2D eigenvalue weighted by atomic mass is 9.75. The van der Waals surface area contributed by atoms with Gasteiger partial charge in [-0.05, 0) is 48.5 Å². The molecule has 5 atom stereocenters. The molecular formula is C20H28O2. The van der Waals surface area contributed by atoms with Crippen LogP contribution in [0, 0.1) is 23.7 Å². The monoisotopic (exact) mass is 300 g/mol. The summed E-state index contributed by atoms with van der Waals surface area (Å²) in [5, 5.41) is 0. The van der Waals surface area contributed by atoms with Crippen LogP contribution in [0.4, 0.5) is 0 Å². The van der Waals surface area contributed by atoms with E-state index >= 15 is 0 Å². The second-order valence-corrected chi connectivity index (χ2v) is 7.66. The normalized spacial score (nSPS) is 34.5. The molecule has 120 valence electrons. The Kier molecular flexibility index (Phi) is 4.56. The first-order chi connectivity index (χ1) is 10.6. The zero-order valence-corrected chi connectivity index (χ0v) is 14.0. The zero-order valence-electron chi connectivity index (χ0n) is 14.0. The van der Waals surface area contributed by atoms with Gasteiger partial charge in [-0.1, -0.05) is 57.5 Å². The van der Waals surface area contributed by atoms with Crippen molar-refractivity contribution in [1.29, 1.82) is 0 Å². The summed E-state index contributed by atoms with van der Waals surface area (Å²) in [7, 11) is 0. The van der Waals surface area contributed by atoms with Gasteiger partial charge in [-0.2, -0.15) is 0 Å². The summed E-state index contributed by atoms with van der Waals surface area (Å²) in [6, 6.07) is 10.4. The van der Waals surface area contributed by atoms with Gasteiger partial charge in [0.05, 0.1) is 5.92 Å². The van der Waals surface area contributed by atoms with Gasteiger partial charge in [0.25, 0.3) is 0 Å². The molecule has 2 heteroatoms. The summed E-state index contributed by atoms with van der Waals surface area (Å²) in [6.45, 7) is 6.79. The van der Waals surface area contributed by atoms with Gasteiger partial charge in [-0.25, -0.2) is 0 Å². The lowest BCUT2D eigenvalue weighted by Gasteiger charge is -2.36. The van der Waals surface area contributed by atoms with Gasteiger partial charge < -0.3 is 4.74 Å². The highest BCUT2D eigenvalue weighted by molar-refractivity contribution is 5.77. The molecule has 1 aromatic carbocycles. The number of hydrogen-bond acceptors (Lipinski definition) is 2. The third kappa shape index (κ3) is 3.37. The number of esters is 1. The Morgan fingerprint density at radius 3 is 2.55 bits per heavy atom. The minimum absolute atomic E-state index is 0.0404. The molecule has 2 saturated carbocycles. The van der Waals surface area contributed by atoms with Crippen LogP contribution in [0.5, 0.6) is 0 Å². The van der Waals surface area contributed by atoms with Crippen LogP contribution < -0.4 is 0 Å². The van der Waals surface area contributed by atoms with Gasteiger partial charge in [0.15, 0.2) is 0 Å². The molecular weight excluding hydrogens is 272 g/mol. The van der Waals surface area contributed by atoms with E-state index in [4.69, 9.17) is 4.74 Å². The number of carbonyl (C=O) groups excluding carboxylic acids is 1. The van der Waals surface area contributed by atoms with Crippen molar-refractivity contribution in [2.75, 3.05) is 0 Å². The molecule has 1 aromatic rings. The lowest BCUT2D eigenvalue weighted by Crippen LogP contribution is -2.36. The van der Waals surface area contributed by atoms with Crippen molar-refractivity contribution in [3.63, 3.8) is 0 Å². The molecule has 0 bridgehead atoms. The highest BCUT2D eigenvalue weighted by atomic mass is 16.5. The molecule has 0 unspecified atom stereocenters. The van der Waals surface area contributed by atoms with E-state index < -0.39 is 0 Å². The Morgan fingerprint density at radius 2 is 1.86 bits per heavy atom. The average Bonchev–Trinajstić information content (AvgIpc) is 3.28. The number of benzene rings is 1. The van der Waals surface area contributed by atoms with Crippen molar-refractivity contribution >= 4 is 5.97 Å². The molecule has 0 spiro atoms. The standard InChI is InChI=1S/C20H28O2/c1-13(2)16-10-9-14(3)11-19(16)22-20(21)18-12-17(18)15-7-5-4-6-8-15/h4-8,13-14,16-19H,9-12H2,1-3H3/t14-,16+,17-,18-,19-/m0/s1. The van der Waals surface area contributed by atoms with E-state index in [9.17, 15) is 4.79 Å². The van der Waals surface area contributed by atoms with Crippen molar-refractivity contribution < 1.29 is 9.53 Å². The van der Waals surface area contributed by atoms with Crippen LogP contribution in [0.15, 0.2) is 30.3 Å². The number of carbonyl (C=O) groups is 1. The minimum Gasteiger partial charge on any atom is -0.462 e. The summed E-state index contributed by atoms with van der Waals surface area (Å²) in [6.07, 6.45) is 4.60. The first-order valence-electron chi connectivity index (χ1n) is 8.81. The van der Waals surface area contributed by atoms with Gasteiger partial charge in [0.2, 0.25) is 0 Å². The molecule has 0 heterocycles. The number of ether oxygens (including phenoxy) is 1. The van der Waals surface area contributed by atoms with Crippen molar-refractivity contribution in [1.82, 2.24) is 0 Å². The van der Waals surface area contributed by atoms with Crippen LogP contribution in [-0.2, 0) is 9.53 Å². The largest absolute Gasteiger partial charge is 0.462 e. The Balaban J connectivity index is 1.59. The molecule has 3 rings (SSSR count). The Morgan fingerprint density at radius 1 is 1.14 bits per heavy atom. The summed E-state index contributed by atoms with van der Waals surface area (Å²) >= 11 is 0. The smallest absolute Gasteiger partial charge is 0.309 e. The van der Waals surface area contributed by atoms with Gasteiger partial charge in [0.1, 0.15) is 6.10 Å². The molecule has 2 aliphatic rings. The topological polar surface area (TPSA) is 26.3 Å². The molecule has 2 aliphatic carbocycles. The van der Waals surface area contributed by atoms with Crippen LogP contribution >= 0.6 is 0 Å². The maximum Gasteiger partial charge on any atom is 0.309 e. The highest BCUT2D eigenvalue weighted by Gasteiger charge is 2.46. The Labute approximate surface area is 134 Å². The van der Waals surface area contributed by atoms with E-state index in [2.05, 4.69) is 32.9 Å². The molecule has 0 aliphatic heterocycles. The zero-order chi connectivity index (χ0) is 15.7. The first-order valence-corrected chi connectivity index (χ1v) is 8.81. The quantitative estimate of drug-likeness (QED) is 0.747. The maximum absolute atomic E-state index is 12.5. The third-order valence-corrected chi connectivity index (χ3v) is 5.55. The van der Waals surface area contributed by atoms with E-state index in [0.29, 0.717) is 23.7 Å². The van der Waals surface area contributed by atoms with E-state index in [1.165, 1.54) is 18.4 Å². The fourth-order valence-electron chi connectivity index (χ4n) is 4.01. The molecule has 0 aromatic heterocycles. The number of rotatable bonds is 4. The fraction of sp³-hybridized carbons (Fsp3) is 0.650. The van der Waals surface area contributed by atoms with Crippen molar-refractivity contribution in [3.8, 4) is 0 Å². The summed E-state index contributed by atoms with van der Waals surface area (Å²) in [4.78, 5) is 12.5. The van der Waals surface area contributed by atoms with Gasteiger partial charge >= 0.3 is 5.97 Å². The van der Waals surface area contributed by atoms with Gasteiger partial charge in [-0.15, -0.1) is 0 Å². The predicted octanol–water partition coefficient (Wildman–Crippen LogP) is 4.79. The van der Waals surface area contributed by atoms with E-state index in [0.717, 1.165) is 12.8 Å². The predicted molar refractivity (Wildman–Crippen MR) is 88.5 cm³/mol. The first kappa shape index (κ1) is 15.6. The third-order valence-electron chi connectivity index (χ3n) is 5.55. The van der Waals surface area contributed by atoms with Crippen LogP contribution in [0.25, 0.3) is 0 Å². The van der Waals surface area contributed by atoms with E-state index in [1.807, 2.05) is 18.2 Å². The van der Waals surface area contributed by atoms with Gasteiger partial charge in [-0.3, -0.25) is 4.79 Å². The van der Waals surface area contributed by atoms with Crippen molar-refractivity contribution in [2.45, 2.75) is 58.5 Å². The second-order valence-electron chi connectivity index (χ2n) is 7.66. The summed E-state index contributed by atoms with van der Waals surface area (Å²) < 4.78 is 5.97. The molecule has 2 nitrogen and oxygen atoms in total. The van der Waals surface area contributed by atoms with Crippen molar-refractivity contribution in [2.24, 2.45) is 23.7 Å². The SMILES string of the molecule is CC(C)[C@H]1CC[C@H](C)C[C@@H]1OC(=O)[C@H]1C[C@H]1c1ccccc1. The second kappa shape index (κ2) is 6.44. The number of hydrogen-bond donors (Lipinski definition) is 0. The molecule has 0 N–H and O–H groups in total. The lowest BCUT2D eigenvalue weighted by molar-refractivity contribution is -0.157. The molecule has 0 saturated heterocycles. The maximum atomic E-state index is 12.5. The molecule has 0 radical (unpaired) electrons. The fourth-order valence-corrected chi connectivity index (χ4v) is 4.01. The van der Waals surface area contributed by atoms with E-state index in [-0.39, 0.29) is 18.0 Å². The average molecular weight is 300 g/mol. The van der Waals surface area contributed by atoms with Crippen molar-refractivity contribution in [3.05, 3.63) is 35.9 Å². The summed E-state index contributed by atoms with van der Waals surface area (Å²) in [5.74, 6) is 2.32. The Bertz CT molecular complexity index is 508. The van der Waals surface area contributed by atoms with Crippen LogP contribution in [0.3, 0.4) is 0 Å².